The molecule has 1 aliphatic rings. The molecule has 110 valence electrons. The summed E-state index contributed by atoms with van der Waals surface area (Å²) in [5, 5.41) is 0.804. The smallest absolute Gasteiger partial charge is 0.0514 e. The van der Waals surface area contributed by atoms with E-state index in [0.29, 0.717) is 0 Å². The molecular weight excluding hydrogens is 280 g/mol. The highest BCUT2D eigenvalue weighted by molar-refractivity contribution is 6.31. The van der Waals surface area contributed by atoms with Crippen LogP contribution in [-0.2, 0) is 13.0 Å². The largest absolute Gasteiger partial charge is 0.326 e. The summed E-state index contributed by atoms with van der Waals surface area (Å²) in [4.78, 5) is 2.45. The third kappa shape index (κ3) is 2.98. The van der Waals surface area contributed by atoms with E-state index in [-0.39, 0.29) is 12.1 Å². The highest BCUT2D eigenvalue weighted by atomic mass is 35.5. The minimum absolute atomic E-state index is 0.0372. The first kappa shape index (κ1) is 14.6. The van der Waals surface area contributed by atoms with Gasteiger partial charge in [-0.05, 0) is 36.1 Å². The molecule has 0 radical (unpaired) electrons. The number of hydrogen-bond acceptors (Lipinski definition) is 2. The summed E-state index contributed by atoms with van der Waals surface area (Å²) in [7, 11) is 0. The normalized spacial score (nSPS) is 18.0. The Bertz CT molecular complexity index is 624. The molecule has 1 heterocycles. The number of fused-ring (bicyclic) bond motifs is 1. The highest BCUT2D eigenvalue weighted by Gasteiger charge is 2.28. The third-order valence-corrected chi connectivity index (χ3v) is 4.62. The molecule has 2 nitrogen and oxygen atoms in total. The van der Waals surface area contributed by atoms with Crippen molar-refractivity contribution in [3.05, 3.63) is 70.2 Å². The maximum atomic E-state index is 6.40. The Labute approximate surface area is 131 Å². The molecule has 0 aliphatic carbocycles. The van der Waals surface area contributed by atoms with Crippen LogP contribution in [0.3, 0.4) is 0 Å². The van der Waals surface area contributed by atoms with Gasteiger partial charge < -0.3 is 5.73 Å². The Morgan fingerprint density at radius 3 is 2.43 bits per heavy atom. The monoisotopic (exact) mass is 300 g/mol. The van der Waals surface area contributed by atoms with Crippen molar-refractivity contribution in [3.8, 4) is 0 Å². The molecule has 0 aromatic heterocycles. The fourth-order valence-corrected chi connectivity index (χ4v) is 3.53. The first-order valence-corrected chi connectivity index (χ1v) is 7.85. The minimum atomic E-state index is 0.0372. The lowest BCUT2D eigenvalue weighted by atomic mass is 9.93. The van der Waals surface area contributed by atoms with E-state index in [2.05, 4.69) is 42.2 Å². The molecule has 2 atom stereocenters. The lowest BCUT2D eigenvalue weighted by molar-refractivity contribution is 0.160. The van der Waals surface area contributed by atoms with Gasteiger partial charge in [-0.15, -0.1) is 0 Å². The summed E-state index contributed by atoms with van der Waals surface area (Å²) >= 11 is 6.40. The Morgan fingerprint density at radius 2 is 1.71 bits per heavy atom. The second-order valence-corrected chi connectivity index (χ2v) is 6.22. The Morgan fingerprint density at radius 1 is 1.05 bits per heavy atom. The van der Waals surface area contributed by atoms with E-state index in [1.54, 1.807) is 0 Å². The van der Waals surface area contributed by atoms with Gasteiger partial charge in [0.15, 0.2) is 0 Å². The van der Waals surface area contributed by atoms with Crippen molar-refractivity contribution < 1.29 is 0 Å². The summed E-state index contributed by atoms with van der Waals surface area (Å²) in [6, 6.07) is 16.9. The fraction of sp³-hybridized carbons (Fsp3) is 0.333. The Balaban J connectivity index is 1.92. The third-order valence-electron chi connectivity index (χ3n) is 4.28. The zero-order valence-corrected chi connectivity index (χ0v) is 13.1. The minimum Gasteiger partial charge on any atom is -0.326 e. The van der Waals surface area contributed by atoms with Gasteiger partial charge >= 0.3 is 0 Å². The van der Waals surface area contributed by atoms with Crippen LogP contribution in [0, 0.1) is 0 Å². The van der Waals surface area contributed by atoms with Gasteiger partial charge in [-0.3, -0.25) is 4.90 Å². The molecule has 0 saturated carbocycles. The van der Waals surface area contributed by atoms with E-state index in [1.165, 1.54) is 11.1 Å². The molecule has 3 rings (SSSR count). The molecule has 2 aromatic carbocycles. The second-order valence-electron chi connectivity index (χ2n) is 5.81. The summed E-state index contributed by atoms with van der Waals surface area (Å²) in [5.74, 6) is 0. The van der Waals surface area contributed by atoms with Crippen molar-refractivity contribution in [1.82, 2.24) is 4.90 Å². The molecule has 3 heteroatoms. The van der Waals surface area contributed by atoms with E-state index in [4.69, 9.17) is 17.3 Å². The van der Waals surface area contributed by atoms with Crippen molar-refractivity contribution in [1.29, 1.82) is 0 Å². The van der Waals surface area contributed by atoms with Crippen LogP contribution in [0.5, 0.6) is 0 Å². The molecule has 0 bridgehead atoms. The van der Waals surface area contributed by atoms with E-state index in [0.717, 1.165) is 30.1 Å². The topological polar surface area (TPSA) is 29.3 Å². The lowest BCUT2D eigenvalue weighted by Crippen LogP contribution is -2.42. The van der Waals surface area contributed by atoms with E-state index >= 15 is 0 Å². The second kappa shape index (κ2) is 6.18. The lowest BCUT2D eigenvalue weighted by Gasteiger charge is -2.38. The zero-order valence-electron chi connectivity index (χ0n) is 12.3. The maximum absolute atomic E-state index is 6.40. The molecule has 0 amide bonds. The summed E-state index contributed by atoms with van der Waals surface area (Å²) in [5.41, 5.74) is 10.3. The molecule has 21 heavy (non-hydrogen) atoms. The summed E-state index contributed by atoms with van der Waals surface area (Å²) in [6.45, 7) is 4.02. The van der Waals surface area contributed by atoms with Crippen LogP contribution in [0.4, 0.5) is 0 Å². The van der Waals surface area contributed by atoms with Gasteiger partial charge in [0.25, 0.3) is 0 Å². The predicted octanol–water partition coefficient (Wildman–Crippen LogP) is 3.79. The molecule has 2 N–H and O–H groups in total. The zero-order chi connectivity index (χ0) is 14.8. The van der Waals surface area contributed by atoms with E-state index in [1.807, 2.05) is 18.2 Å². The van der Waals surface area contributed by atoms with Gasteiger partial charge in [0, 0.05) is 24.2 Å². The van der Waals surface area contributed by atoms with Crippen molar-refractivity contribution in [2.75, 3.05) is 6.54 Å². The van der Waals surface area contributed by atoms with E-state index < -0.39 is 0 Å². The number of nitrogens with zero attached hydrogens (tertiary/aromatic N) is 1. The molecule has 2 unspecified atom stereocenters. The Kier molecular flexibility index (Phi) is 4.29. The summed E-state index contributed by atoms with van der Waals surface area (Å²) < 4.78 is 0. The number of rotatable bonds is 3. The Hall–Kier alpha value is -1.35. The van der Waals surface area contributed by atoms with Gasteiger partial charge in [0.1, 0.15) is 0 Å². The SMILES string of the molecule is CC(N)C(c1ccccc1Cl)N1CCc2ccccc2C1. The molecule has 0 spiro atoms. The average molecular weight is 301 g/mol. The molecule has 2 aromatic rings. The van der Waals surface area contributed by atoms with Gasteiger partial charge in [0.2, 0.25) is 0 Å². The van der Waals surface area contributed by atoms with Crippen molar-refractivity contribution in [2.24, 2.45) is 5.73 Å². The van der Waals surface area contributed by atoms with Crippen LogP contribution < -0.4 is 5.73 Å². The van der Waals surface area contributed by atoms with Crippen LogP contribution >= 0.6 is 11.6 Å². The highest BCUT2D eigenvalue weighted by Crippen LogP contribution is 2.33. The fourth-order valence-electron chi connectivity index (χ4n) is 3.28. The van der Waals surface area contributed by atoms with Crippen molar-refractivity contribution >= 4 is 11.6 Å². The number of halogens is 1. The van der Waals surface area contributed by atoms with Gasteiger partial charge in [-0.25, -0.2) is 0 Å². The average Bonchev–Trinajstić information content (AvgIpc) is 2.49. The van der Waals surface area contributed by atoms with E-state index in [9.17, 15) is 0 Å². The number of benzene rings is 2. The maximum Gasteiger partial charge on any atom is 0.0514 e. The van der Waals surface area contributed by atoms with Crippen LogP contribution in [0.25, 0.3) is 0 Å². The first-order chi connectivity index (χ1) is 10.2. The van der Waals surface area contributed by atoms with Gasteiger partial charge in [-0.1, -0.05) is 54.1 Å². The van der Waals surface area contributed by atoms with Gasteiger partial charge in [-0.2, -0.15) is 0 Å². The van der Waals surface area contributed by atoms with Crippen LogP contribution in [0.2, 0.25) is 5.02 Å². The molecule has 0 fully saturated rings. The van der Waals surface area contributed by atoms with Crippen LogP contribution in [0.15, 0.2) is 48.5 Å². The standard InChI is InChI=1S/C18H21ClN2/c1-13(20)18(16-8-4-5-9-17(16)19)21-11-10-14-6-2-3-7-15(14)12-21/h2-9,13,18H,10-12,20H2,1H3. The first-order valence-electron chi connectivity index (χ1n) is 7.47. The predicted molar refractivity (Wildman–Crippen MR) is 88.4 cm³/mol. The van der Waals surface area contributed by atoms with Crippen LogP contribution in [0.1, 0.15) is 29.7 Å². The molecule has 1 aliphatic heterocycles. The molecular formula is C18H21ClN2. The van der Waals surface area contributed by atoms with Crippen molar-refractivity contribution in [3.63, 3.8) is 0 Å². The molecule has 0 saturated heterocycles. The number of hydrogen-bond donors (Lipinski definition) is 1. The van der Waals surface area contributed by atoms with Crippen molar-refractivity contribution in [2.45, 2.75) is 32.0 Å². The number of nitrogens with two attached hydrogens (primary N) is 1. The summed E-state index contributed by atoms with van der Waals surface area (Å²) in [6.07, 6.45) is 1.07. The van der Waals surface area contributed by atoms with Gasteiger partial charge in [0.05, 0.1) is 6.04 Å². The quantitative estimate of drug-likeness (QED) is 0.934. The van der Waals surface area contributed by atoms with Crippen LogP contribution in [-0.4, -0.2) is 17.5 Å².